The van der Waals surface area contributed by atoms with Crippen molar-refractivity contribution in [1.29, 1.82) is 0 Å². The van der Waals surface area contributed by atoms with E-state index < -0.39 is 5.54 Å². The smallest absolute Gasteiger partial charge is 0.337 e. The maximum Gasteiger partial charge on any atom is 0.337 e. The summed E-state index contributed by atoms with van der Waals surface area (Å²) in [6.07, 6.45) is 11.7. The third kappa shape index (κ3) is 3.83. The molecule has 4 rings (SSSR count). The van der Waals surface area contributed by atoms with Gasteiger partial charge in [0.2, 0.25) is 5.56 Å². The number of pyridine rings is 1. The van der Waals surface area contributed by atoms with Crippen LogP contribution in [0.4, 0.5) is 0 Å². The first-order chi connectivity index (χ1) is 15.0. The molecule has 2 unspecified atom stereocenters. The van der Waals surface area contributed by atoms with E-state index in [0.29, 0.717) is 5.56 Å². The SMILES string of the molecule is CC=C1C2C=C(C)CC1(N=C/C=C/c1cccc(C(=O)OC)c1)c1ccc(=O)[nH]c1C2. The van der Waals surface area contributed by atoms with Gasteiger partial charge in [-0.15, -0.1) is 0 Å². The van der Waals surface area contributed by atoms with E-state index >= 15 is 0 Å². The second-order valence-corrected chi connectivity index (χ2v) is 8.07. The summed E-state index contributed by atoms with van der Waals surface area (Å²) in [5.41, 5.74) is 5.44. The fourth-order valence-electron chi connectivity index (χ4n) is 4.86. The molecule has 0 radical (unpaired) electrons. The van der Waals surface area contributed by atoms with Crippen molar-refractivity contribution in [2.45, 2.75) is 32.2 Å². The van der Waals surface area contributed by atoms with Crippen LogP contribution in [0.3, 0.4) is 0 Å². The summed E-state index contributed by atoms with van der Waals surface area (Å²) in [6.45, 7) is 4.21. The van der Waals surface area contributed by atoms with Crippen LogP contribution in [0.1, 0.15) is 47.4 Å². The van der Waals surface area contributed by atoms with Crippen molar-refractivity contribution >= 4 is 18.3 Å². The standard InChI is InChI=1S/C26H26N2O3/c1-4-21-20-13-17(2)16-26(21,22-10-11-24(29)28-23(22)15-20)27-12-6-8-18-7-5-9-19(14-18)25(30)31-3/h4-14,20H,15-16H2,1-3H3,(H,28,29)/b8-6+,21-4?,27-12?. The summed E-state index contributed by atoms with van der Waals surface area (Å²) in [6, 6.07) is 10.8. The van der Waals surface area contributed by atoms with Crippen molar-refractivity contribution in [3.8, 4) is 0 Å². The van der Waals surface area contributed by atoms with Crippen molar-refractivity contribution in [2.24, 2.45) is 10.9 Å². The van der Waals surface area contributed by atoms with E-state index in [-0.39, 0.29) is 17.4 Å². The highest BCUT2D eigenvalue weighted by Crippen LogP contribution is 2.51. The molecule has 0 aliphatic heterocycles. The molecule has 0 saturated heterocycles. The summed E-state index contributed by atoms with van der Waals surface area (Å²) in [7, 11) is 1.37. The number of methoxy groups -OCH3 is 1. The first-order valence-electron chi connectivity index (χ1n) is 10.4. The number of esters is 1. The molecule has 2 aliphatic carbocycles. The van der Waals surface area contributed by atoms with E-state index in [1.54, 1.807) is 18.2 Å². The maximum absolute atomic E-state index is 11.9. The van der Waals surface area contributed by atoms with Gasteiger partial charge in [0, 0.05) is 35.9 Å². The van der Waals surface area contributed by atoms with Gasteiger partial charge in [0.05, 0.1) is 12.7 Å². The van der Waals surface area contributed by atoms with E-state index in [1.807, 2.05) is 36.6 Å². The lowest BCUT2D eigenvalue weighted by atomic mass is 9.63. The average Bonchev–Trinajstić information content (AvgIpc) is 2.75. The normalized spacial score (nSPS) is 23.8. The highest BCUT2D eigenvalue weighted by Gasteiger charge is 2.46. The third-order valence-corrected chi connectivity index (χ3v) is 6.06. The average molecular weight is 415 g/mol. The molecule has 5 heteroatoms. The Morgan fingerprint density at radius 2 is 2.13 bits per heavy atom. The number of aliphatic imine (C=N–C) groups is 1. The highest BCUT2D eigenvalue weighted by molar-refractivity contribution is 5.90. The van der Waals surface area contributed by atoms with Crippen LogP contribution in [0.15, 0.2) is 75.6 Å². The second kappa shape index (κ2) is 8.34. The molecule has 1 heterocycles. The van der Waals surface area contributed by atoms with Gasteiger partial charge in [0.1, 0.15) is 5.54 Å². The number of ether oxygens (including phenoxy) is 1. The molecule has 5 nitrogen and oxygen atoms in total. The number of carbonyl (C=O) groups excluding carboxylic acids is 1. The van der Waals surface area contributed by atoms with Gasteiger partial charge < -0.3 is 9.72 Å². The summed E-state index contributed by atoms with van der Waals surface area (Å²) in [5.74, 6) is -0.119. The van der Waals surface area contributed by atoms with Crippen molar-refractivity contribution < 1.29 is 9.53 Å². The van der Waals surface area contributed by atoms with E-state index in [9.17, 15) is 9.59 Å². The number of carbonyl (C=O) groups is 1. The zero-order chi connectivity index (χ0) is 22.0. The number of allylic oxidation sites excluding steroid dienone is 3. The number of hydrogen-bond acceptors (Lipinski definition) is 4. The molecule has 0 amide bonds. The zero-order valence-electron chi connectivity index (χ0n) is 18.0. The Kier molecular flexibility index (Phi) is 5.59. The largest absolute Gasteiger partial charge is 0.465 e. The molecular formula is C26H26N2O3. The number of nitrogens with zero attached hydrogens (tertiary/aromatic N) is 1. The Morgan fingerprint density at radius 3 is 2.90 bits per heavy atom. The zero-order valence-corrected chi connectivity index (χ0v) is 18.0. The fourth-order valence-corrected chi connectivity index (χ4v) is 4.86. The van der Waals surface area contributed by atoms with Crippen LogP contribution in [-0.2, 0) is 16.7 Å². The highest BCUT2D eigenvalue weighted by atomic mass is 16.5. The van der Waals surface area contributed by atoms with Gasteiger partial charge in [-0.2, -0.15) is 0 Å². The van der Waals surface area contributed by atoms with Gasteiger partial charge in [-0.1, -0.05) is 35.9 Å². The van der Waals surface area contributed by atoms with Gasteiger partial charge >= 0.3 is 5.97 Å². The Bertz CT molecular complexity index is 1200. The quantitative estimate of drug-likeness (QED) is 0.451. The molecule has 2 aromatic rings. The molecule has 0 fully saturated rings. The topological polar surface area (TPSA) is 71.5 Å². The van der Waals surface area contributed by atoms with Crippen LogP contribution in [0.25, 0.3) is 6.08 Å². The number of benzene rings is 1. The van der Waals surface area contributed by atoms with Gasteiger partial charge in [-0.3, -0.25) is 9.79 Å². The number of nitrogens with one attached hydrogen (secondary N) is 1. The van der Waals surface area contributed by atoms with Gasteiger partial charge in [0.25, 0.3) is 0 Å². The summed E-state index contributed by atoms with van der Waals surface area (Å²) in [5, 5.41) is 0. The van der Waals surface area contributed by atoms with Gasteiger partial charge in [-0.05, 0) is 55.7 Å². The van der Waals surface area contributed by atoms with E-state index in [0.717, 1.165) is 29.7 Å². The Morgan fingerprint density at radius 1 is 1.29 bits per heavy atom. The monoisotopic (exact) mass is 414 g/mol. The van der Waals surface area contributed by atoms with Gasteiger partial charge in [-0.25, -0.2) is 4.79 Å². The van der Waals surface area contributed by atoms with Gasteiger partial charge in [0.15, 0.2) is 0 Å². The lowest BCUT2D eigenvalue weighted by Crippen LogP contribution is -2.40. The lowest BCUT2D eigenvalue weighted by Gasteiger charge is -2.45. The van der Waals surface area contributed by atoms with Crippen molar-refractivity contribution in [2.75, 3.05) is 7.11 Å². The minimum Gasteiger partial charge on any atom is -0.465 e. The van der Waals surface area contributed by atoms with E-state index in [2.05, 4.69) is 31.0 Å². The van der Waals surface area contributed by atoms with E-state index in [4.69, 9.17) is 9.73 Å². The van der Waals surface area contributed by atoms with Crippen LogP contribution in [-0.4, -0.2) is 24.3 Å². The Balaban J connectivity index is 1.71. The summed E-state index contributed by atoms with van der Waals surface area (Å²) >= 11 is 0. The molecule has 1 aromatic heterocycles. The molecular weight excluding hydrogens is 388 g/mol. The molecule has 2 aliphatic rings. The fraction of sp³-hybridized carbons (Fsp3) is 0.269. The number of H-pyrrole nitrogens is 1. The van der Waals surface area contributed by atoms with Crippen LogP contribution >= 0.6 is 0 Å². The van der Waals surface area contributed by atoms with Crippen LogP contribution in [0, 0.1) is 5.92 Å². The molecule has 31 heavy (non-hydrogen) atoms. The molecule has 2 bridgehead atoms. The molecule has 158 valence electrons. The summed E-state index contributed by atoms with van der Waals surface area (Å²) in [4.78, 5) is 31.8. The first-order valence-corrected chi connectivity index (χ1v) is 10.4. The van der Waals surface area contributed by atoms with Crippen LogP contribution in [0.5, 0.6) is 0 Å². The minimum atomic E-state index is -0.506. The maximum atomic E-state index is 11.9. The van der Waals surface area contributed by atoms with E-state index in [1.165, 1.54) is 18.3 Å². The minimum absolute atomic E-state index is 0.0778. The third-order valence-electron chi connectivity index (χ3n) is 6.06. The van der Waals surface area contributed by atoms with Crippen molar-refractivity contribution in [1.82, 2.24) is 4.98 Å². The first kappa shape index (κ1) is 20.8. The molecule has 1 aromatic carbocycles. The molecule has 0 saturated carbocycles. The number of aromatic nitrogens is 1. The van der Waals surface area contributed by atoms with Crippen LogP contribution in [0.2, 0.25) is 0 Å². The Labute approximate surface area is 181 Å². The molecule has 0 spiro atoms. The van der Waals surface area contributed by atoms with Crippen molar-refractivity contribution in [3.05, 3.63) is 98.5 Å². The number of fused-ring (bicyclic) bond motifs is 4. The lowest BCUT2D eigenvalue weighted by molar-refractivity contribution is 0.0600. The summed E-state index contributed by atoms with van der Waals surface area (Å²) < 4.78 is 4.79. The molecule has 1 N–H and O–H groups in total. The number of aromatic amines is 1. The Hall–Kier alpha value is -3.47. The number of hydrogen-bond donors (Lipinski definition) is 1. The predicted octanol–water partition coefficient (Wildman–Crippen LogP) is 4.61. The van der Waals surface area contributed by atoms with Crippen LogP contribution < -0.4 is 5.56 Å². The molecule has 2 atom stereocenters. The van der Waals surface area contributed by atoms with Crippen molar-refractivity contribution in [3.63, 3.8) is 0 Å². The second-order valence-electron chi connectivity index (χ2n) is 8.07. The predicted molar refractivity (Wildman–Crippen MR) is 123 cm³/mol. The number of rotatable bonds is 4.